The Balaban J connectivity index is 1.73. The molecule has 0 N–H and O–H groups in total. The number of aromatic nitrogens is 2. The number of nitrogens with zero attached hydrogens (tertiary/aromatic N) is 4. The van der Waals surface area contributed by atoms with Crippen LogP contribution in [0.5, 0.6) is 0 Å². The molecule has 4 rings (SSSR count). The largest absolute Gasteiger partial charge is 0.369 e. The molecular weight excluding hydrogens is 376 g/mol. The van der Waals surface area contributed by atoms with Crippen LogP contribution >= 0.6 is 0 Å². The lowest BCUT2D eigenvalue weighted by atomic mass is 9.91. The maximum atomic E-state index is 13.4. The number of hydrogen-bond acceptors (Lipinski definition) is 6. The minimum Gasteiger partial charge on any atom is -0.369 e. The van der Waals surface area contributed by atoms with Crippen molar-refractivity contribution in [2.24, 2.45) is 23.7 Å². The molecule has 28 heavy (non-hydrogen) atoms. The van der Waals surface area contributed by atoms with E-state index >= 15 is 0 Å². The van der Waals surface area contributed by atoms with Crippen LogP contribution in [0.4, 0.5) is 5.69 Å². The SMILES string of the molecule is C[C@@H]1C[C@H](C)CN(c2ccc(S(=O)(=O)N3C[C@H](C)C[C@@H](C)C3)c3nonc23)C1. The van der Waals surface area contributed by atoms with Gasteiger partial charge >= 0.3 is 0 Å². The normalized spacial score (nSPS) is 30.1. The van der Waals surface area contributed by atoms with E-state index in [0.29, 0.717) is 47.8 Å². The van der Waals surface area contributed by atoms with Crippen molar-refractivity contribution in [3.8, 4) is 0 Å². The van der Waals surface area contributed by atoms with Crippen molar-refractivity contribution < 1.29 is 13.0 Å². The summed E-state index contributed by atoms with van der Waals surface area (Å²) in [5, 5.41) is 8.08. The smallest absolute Gasteiger partial charge is 0.245 e. The highest BCUT2D eigenvalue weighted by molar-refractivity contribution is 7.89. The predicted octanol–water partition coefficient (Wildman–Crippen LogP) is 3.37. The minimum atomic E-state index is -3.64. The molecule has 2 saturated heterocycles. The number of rotatable bonds is 3. The van der Waals surface area contributed by atoms with Gasteiger partial charge in [-0.15, -0.1) is 0 Å². The maximum absolute atomic E-state index is 13.4. The van der Waals surface area contributed by atoms with Crippen molar-refractivity contribution in [2.75, 3.05) is 31.1 Å². The fourth-order valence-corrected chi connectivity index (χ4v) is 6.89. The zero-order valence-electron chi connectivity index (χ0n) is 17.1. The summed E-state index contributed by atoms with van der Waals surface area (Å²) in [6.07, 6.45) is 2.26. The molecule has 2 aliphatic rings. The Kier molecular flexibility index (Phi) is 5.12. The summed E-state index contributed by atoms with van der Waals surface area (Å²) in [6, 6.07) is 3.56. The Bertz CT molecular complexity index is 938. The highest BCUT2D eigenvalue weighted by Crippen LogP contribution is 2.35. The van der Waals surface area contributed by atoms with Gasteiger partial charge in [0.05, 0.1) is 5.69 Å². The number of hydrogen-bond donors (Lipinski definition) is 0. The van der Waals surface area contributed by atoms with E-state index < -0.39 is 10.0 Å². The van der Waals surface area contributed by atoms with Gasteiger partial charge in [-0.25, -0.2) is 13.0 Å². The van der Waals surface area contributed by atoms with Crippen molar-refractivity contribution >= 4 is 26.7 Å². The molecule has 0 saturated carbocycles. The summed E-state index contributed by atoms with van der Waals surface area (Å²) in [4.78, 5) is 2.49. The summed E-state index contributed by atoms with van der Waals surface area (Å²) in [7, 11) is -3.64. The molecule has 4 atom stereocenters. The van der Waals surface area contributed by atoms with Gasteiger partial charge in [-0.2, -0.15) is 4.31 Å². The molecule has 1 aromatic carbocycles. The van der Waals surface area contributed by atoms with E-state index in [1.165, 1.54) is 6.42 Å². The summed E-state index contributed by atoms with van der Waals surface area (Å²) < 4.78 is 33.4. The van der Waals surface area contributed by atoms with Gasteiger partial charge in [0.1, 0.15) is 4.90 Å². The molecule has 2 fully saturated rings. The van der Waals surface area contributed by atoms with Crippen LogP contribution in [-0.2, 0) is 10.0 Å². The average Bonchev–Trinajstić information content (AvgIpc) is 3.08. The number of anilines is 1. The van der Waals surface area contributed by atoms with Crippen LogP contribution in [-0.4, -0.2) is 49.2 Å². The van der Waals surface area contributed by atoms with Gasteiger partial charge < -0.3 is 4.90 Å². The predicted molar refractivity (Wildman–Crippen MR) is 109 cm³/mol. The molecule has 0 bridgehead atoms. The Morgan fingerprint density at radius 1 is 0.857 bits per heavy atom. The number of piperidine rings is 2. The van der Waals surface area contributed by atoms with Crippen LogP contribution < -0.4 is 4.90 Å². The minimum absolute atomic E-state index is 0.201. The third-order valence-electron chi connectivity index (χ3n) is 6.02. The first-order valence-electron chi connectivity index (χ1n) is 10.3. The van der Waals surface area contributed by atoms with E-state index in [9.17, 15) is 8.42 Å². The third kappa shape index (κ3) is 3.52. The molecule has 0 amide bonds. The van der Waals surface area contributed by atoms with Gasteiger partial charge in [-0.05, 0) is 59.0 Å². The highest BCUT2D eigenvalue weighted by atomic mass is 32.2. The first-order valence-corrected chi connectivity index (χ1v) is 11.7. The van der Waals surface area contributed by atoms with Crippen molar-refractivity contribution in [3.05, 3.63) is 12.1 Å². The van der Waals surface area contributed by atoms with Crippen LogP contribution in [0.1, 0.15) is 40.5 Å². The lowest BCUT2D eigenvalue weighted by Gasteiger charge is -2.36. The molecule has 3 heterocycles. The molecule has 2 aromatic rings. The van der Waals surface area contributed by atoms with Crippen LogP contribution in [0.15, 0.2) is 21.7 Å². The number of fused-ring (bicyclic) bond motifs is 1. The molecule has 1 aromatic heterocycles. The van der Waals surface area contributed by atoms with Crippen LogP contribution in [0.2, 0.25) is 0 Å². The van der Waals surface area contributed by atoms with E-state index in [2.05, 4.69) is 42.9 Å². The topological polar surface area (TPSA) is 79.5 Å². The Morgan fingerprint density at radius 2 is 1.39 bits per heavy atom. The molecular formula is C20H30N4O3S. The van der Waals surface area contributed by atoms with Gasteiger partial charge in [0.2, 0.25) is 10.0 Å². The summed E-state index contributed by atoms with van der Waals surface area (Å²) in [5.41, 5.74) is 1.80. The molecule has 0 spiro atoms. The number of sulfonamides is 1. The zero-order chi connectivity index (χ0) is 20.1. The van der Waals surface area contributed by atoms with Gasteiger partial charge in [0.25, 0.3) is 0 Å². The second-order valence-corrected chi connectivity index (χ2v) is 11.1. The quantitative estimate of drug-likeness (QED) is 0.777. The van der Waals surface area contributed by atoms with E-state index in [0.717, 1.165) is 25.2 Å². The molecule has 154 valence electrons. The van der Waals surface area contributed by atoms with Crippen LogP contribution in [0, 0.1) is 23.7 Å². The Morgan fingerprint density at radius 3 is 2.00 bits per heavy atom. The second kappa shape index (κ2) is 7.30. The van der Waals surface area contributed by atoms with Crippen molar-refractivity contribution in [3.63, 3.8) is 0 Å². The van der Waals surface area contributed by atoms with Crippen LogP contribution in [0.3, 0.4) is 0 Å². The fraction of sp³-hybridized carbons (Fsp3) is 0.700. The Labute approximate surface area is 167 Å². The van der Waals surface area contributed by atoms with Crippen LogP contribution in [0.25, 0.3) is 11.0 Å². The van der Waals surface area contributed by atoms with E-state index in [-0.39, 0.29) is 4.90 Å². The molecule has 0 aliphatic carbocycles. The summed E-state index contributed by atoms with van der Waals surface area (Å²) >= 11 is 0. The van der Waals surface area contributed by atoms with E-state index in [1.54, 1.807) is 10.4 Å². The van der Waals surface area contributed by atoms with Crippen molar-refractivity contribution in [1.29, 1.82) is 0 Å². The average molecular weight is 407 g/mol. The molecule has 8 heteroatoms. The molecule has 0 unspecified atom stereocenters. The maximum Gasteiger partial charge on any atom is 0.245 e. The van der Waals surface area contributed by atoms with Gasteiger partial charge in [0.15, 0.2) is 11.0 Å². The lowest BCUT2D eigenvalue weighted by Crippen LogP contribution is -2.42. The molecule has 0 radical (unpaired) electrons. The highest BCUT2D eigenvalue weighted by Gasteiger charge is 2.35. The molecule has 7 nitrogen and oxygen atoms in total. The fourth-order valence-electron chi connectivity index (χ4n) is 5.09. The molecule has 2 aliphatic heterocycles. The van der Waals surface area contributed by atoms with E-state index in [4.69, 9.17) is 4.63 Å². The van der Waals surface area contributed by atoms with Gasteiger partial charge in [0, 0.05) is 26.2 Å². The summed E-state index contributed by atoms with van der Waals surface area (Å²) in [6.45, 7) is 11.7. The monoisotopic (exact) mass is 406 g/mol. The standard InChI is InChI=1S/C20H30N4O3S/c1-13-7-14(2)10-23(9-13)17-5-6-18(20-19(17)21-27-22-20)28(25,26)24-11-15(3)8-16(4)12-24/h5-6,13-16H,7-12H2,1-4H3/t13-,14+,15-,16-/m1/s1. The summed E-state index contributed by atoms with van der Waals surface area (Å²) in [5.74, 6) is 1.86. The van der Waals surface area contributed by atoms with Crippen molar-refractivity contribution in [2.45, 2.75) is 45.4 Å². The lowest BCUT2D eigenvalue weighted by molar-refractivity contribution is 0.222. The number of benzene rings is 1. The first-order chi connectivity index (χ1) is 13.3. The Hall–Kier alpha value is -1.67. The first kappa shape index (κ1) is 19.6. The third-order valence-corrected chi connectivity index (χ3v) is 7.88. The van der Waals surface area contributed by atoms with E-state index in [1.807, 2.05) is 6.07 Å². The van der Waals surface area contributed by atoms with Gasteiger partial charge in [-0.1, -0.05) is 27.7 Å². The van der Waals surface area contributed by atoms with Gasteiger partial charge in [-0.3, -0.25) is 0 Å². The van der Waals surface area contributed by atoms with Crippen molar-refractivity contribution in [1.82, 2.24) is 14.6 Å². The zero-order valence-corrected chi connectivity index (χ0v) is 17.9. The second-order valence-electron chi connectivity index (χ2n) is 9.16.